The van der Waals surface area contributed by atoms with Crippen molar-refractivity contribution in [3.63, 3.8) is 0 Å². The van der Waals surface area contributed by atoms with E-state index in [1.165, 1.54) is 12.1 Å². The summed E-state index contributed by atoms with van der Waals surface area (Å²) < 4.78 is 36.7. The zero-order chi connectivity index (χ0) is 22.8. The van der Waals surface area contributed by atoms with Gasteiger partial charge in [-0.1, -0.05) is 41.4 Å². The van der Waals surface area contributed by atoms with Crippen molar-refractivity contribution in [1.82, 2.24) is 9.78 Å². The average Bonchev–Trinajstić information content (AvgIpc) is 2.68. The Hall–Kier alpha value is -3.17. The Morgan fingerprint density at radius 3 is 2.48 bits per heavy atom. The number of hydrogen-bond donors (Lipinski definition) is 0. The summed E-state index contributed by atoms with van der Waals surface area (Å²) in [5.74, 6) is -1.49. The number of esters is 1. The van der Waals surface area contributed by atoms with E-state index in [0.29, 0.717) is 5.56 Å². The molecule has 162 valence electrons. The van der Waals surface area contributed by atoms with Crippen LogP contribution in [0.2, 0.25) is 5.02 Å². The molecule has 0 fully saturated rings. The van der Waals surface area contributed by atoms with E-state index < -0.39 is 33.1 Å². The Bertz CT molecular complexity index is 1320. The molecule has 2 aromatic carbocycles. The van der Waals surface area contributed by atoms with Crippen molar-refractivity contribution < 1.29 is 22.1 Å². The molecule has 0 aliphatic carbocycles. The monoisotopic (exact) mass is 462 g/mol. The highest BCUT2D eigenvalue weighted by Gasteiger charge is 2.26. The van der Waals surface area contributed by atoms with Gasteiger partial charge in [-0.05, 0) is 44.5 Å². The number of carbonyl (C=O) groups excluding carboxylic acids is 1. The summed E-state index contributed by atoms with van der Waals surface area (Å²) in [4.78, 5) is 25.1. The third kappa shape index (κ3) is 4.78. The van der Waals surface area contributed by atoms with Gasteiger partial charge >= 0.3 is 16.1 Å². The molecule has 0 bridgehead atoms. The van der Waals surface area contributed by atoms with Gasteiger partial charge in [-0.2, -0.15) is 18.2 Å². The van der Waals surface area contributed by atoms with Crippen LogP contribution in [0.3, 0.4) is 0 Å². The molecule has 8 nitrogen and oxygen atoms in total. The summed E-state index contributed by atoms with van der Waals surface area (Å²) in [6, 6.07) is 11.9. The molecule has 0 amide bonds. The smallest absolute Gasteiger partial charge is 0.362 e. The van der Waals surface area contributed by atoms with Crippen molar-refractivity contribution in [3.05, 3.63) is 80.7 Å². The first-order chi connectivity index (χ1) is 14.6. The molecule has 0 saturated heterocycles. The molecule has 0 radical (unpaired) electrons. The third-order valence-corrected chi connectivity index (χ3v) is 5.96. The Morgan fingerprint density at radius 2 is 1.84 bits per heavy atom. The first-order valence-electron chi connectivity index (χ1n) is 9.22. The maximum absolute atomic E-state index is 12.9. The van der Waals surface area contributed by atoms with E-state index in [1.54, 1.807) is 44.2 Å². The lowest BCUT2D eigenvalue weighted by atomic mass is 10.2. The second-order valence-corrected chi connectivity index (χ2v) is 8.51. The van der Waals surface area contributed by atoms with Crippen molar-refractivity contribution in [2.75, 3.05) is 6.61 Å². The van der Waals surface area contributed by atoms with Gasteiger partial charge in [-0.3, -0.25) is 4.79 Å². The highest BCUT2D eigenvalue weighted by Crippen LogP contribution is 2.25. The van der Waals surface area contributed by atoms with E-state index >= 15 is 0 Å². The predicted molar refractivity (Wildman–Crippen MR) is 115 cm³/mol. The SMILES string of the molecule is CCOC(=O)c1nn(-c2ccccc2Cl)c(=O)cc1OS(=O)(=O)c1ccc(C)cc1C. The quantitative estimate of drug-likeness (QED) is 0.408. The molecule has 0 N–H and O–H groups in total. The van der Waals surface area contributed by atoms with E-state index in [2.05, 4.69) is 5.10 Å². The van der Waals surface area contributed by atoms with Crippen LogP contribution in [0.4, 0.5) is 0 Å². The summed E-state index contributed by atoms with van der Waals surface area (Å²) in [6.07, 6.45) is 0. The summed E-state index contributed by atoms with van der Waals surface area (Å²) in [6.45, 7) is 5.02. The number of aryl methyl sites for hydroxylation is 2. The van der Waals surface area contributed by atoms with Crippen LogP contribution in [0, 0.1) is 13.8 Å². The molecule has 0 unspecified atom stereocenters. The number of benzene rings is 2. The zero-order valence-corrected chi connectivity index (χ0v) is 18.5. The number of halogens is 1. The van der Waals surface area contributed by atoms with Gasteiger partial charge in [0.25, 0.3) is 5.56 Å². The highest BCUT2D eigenvalue weighted by atomic mass is 35.5. The molecule has 1 aromatic heterocycles. The van der Waals surface area contributed by atoms with Crippen LogP contribution in [0.1, 0.15) is 28.5 Å². The van der Waals surface area contributed by atoms with Gasteiger partial charge in [0.05, 0.1) is 23.4 Å². The maximum Gasteiger partial charge on any atom is 0.362 e. The Kier molecular flexibility index (Phi) is 6.47. The molecule has 0 saturated carbocycles. The Balaban J connectivity index is 2.15. The molecule has 0 aliphatic heterocycles. The molecule has 0 aliphatic rings. The van der Waals surface area contributed by atoms with Gasteiger partial charge in [-0.25, -0.2) is 4.79 Å². The fourth-order valence-electron chi connectivity index (χ4n) is 2.88. The standard InChI is InChI=1S/C21H19ClN2O6S/c1-4-29-21(26)20-17(30-31(27,28)18-10-9-13(2)11-14(18)3)12-19(25)24(23-20)16-8-6-5-7-15(16)22/h5-12H,4H2,1-3H3. The van der Waals surface area contributed by atoms with Gasteiger partial charge in [-0.15, -0.1) is 0 Å². The van der Waals surface area contributed by atoms with E-state index in [9.17, 15) is 18.0 Å². The number of aromatic nitrogens is 2. The molecule has 0 spiro atoms. The number of para-hydroxylation sites is 1. The lowest BCUT2D eigenvalue weighted by Crippen LogP contribution is -2.26. The second-order valence-electron chi connectivity index (χ2n) is 6.59. The molecule has 31 heavy (non-hydrogen) atoms. The van der Waals surface area contributed by atoms with Crippen molar-refractivity contribution >= 4 is 27.7 Å². The Labute approximate surface area is 184 Å². The molecular formula is C21H19ClN2O6S. The lowest BCUT2D eigenvalue weighted by molar-refractivity contribution is 0.0515. The average molecular weight is 463 g/mol. The van der Waals surface area contributed by atoms with Gasteiger partial charge in [0.2, 0.25) is 5.69 Å². The molecule has 3 rings (SSSR count). The summed E-state index contributed by atoms with van der Waals surface area (Å²) in [5.41, 5.74) is 0.313. The summed E-state index contributed by atoms with van der Waals surface area (Å²) >= 11 is 6.14. The van der Waals surface area contributed by atoms with Crippen LogP contribution in [-0.4, -0.2) is 30.8 Å². The second kappa shape index (κ2) is 8.91. The van der Waals surface area contributed by atoms with E-state index in [4.69, 9.17) is 20.5 Å². The van der Waals surface area contributed by atoms with Crippen LogP contribution in [0.25, 0.3) is 5.69 Å². The largest absolute Gasteiger partial charge is 0.461 e. The van der Waals surface area contributed by atoms with Crippen molar-refractivity contribution in [3.8, 4) is 11.4 Å². The molecule has 3 aromatic rings. The fourth-order valence-corrected chi connectivity index (χ4v) is 4.24. The number of hydrogen-bond acceptors (Lipinski definition) is 7. The highest BCUT2D eigenvalue weighted by molar-refractivity contribution is 7.87. The Morgan fingerprint density at radius 1 is 1.13 bits per heavy atom. The summed E-state index contributed by atoms with van der Waals surface area (Å²) in [7, 11) is -4.36. The van der Waals surface area contributed by atoms with Crippen LogP contribution in [0.5, 0.6) is 5.75 Å². The molecule has 1 heterocycles. The van der Waals surface area contributed by atoms with Crippen LogP contribution in [-0.2, 0) is 14.9 Å². The first-order valence-corrected chi connectivity index (χ1v) is 11.0. The summed E-state index contributed by atoms with van der Waals surface area (Å²) in [5, 5.41) is 4.20. The van der Waals surface area contributed by atoms with E-state index in [0.717, 1.165) is 16.3 Å². The van der Waals surface area contributed by atoms with E-state index in [-0.39, 0.29) is 22.2 Å². The number of rotatable bonds is 6. The third-order valence-electron chi connectivity index (χ3n) is 4.25. The molecule has 0 atom stereocenters. The lowest BCUT2D eigenvalue weighted by Gasteiger charge is -2.14. The van der Waals surface area contributed by atoms with Crippen molar-refractivity contribution in [1.29, 1.82) is 0 Å². The number of carbonyl (C=O) groups is 1. The minimum atomic E-state index is -4.36. The zero-order valence-electron chi connectivity index (χ0n) is 17.0. The van der Waals surface area contributed by atoms with Crippen molar-refractivity contribution in [2.24, 2.45) is 0 Å². The van der Waals surface area contributed by atoms with Gasteiger partial charge < -0.3 is 8.92 Å². The minimum absolute atomic E-state index is 0.00892. The van der Waals surface area contributed by atoms with Gasteiger partial charge in [0.15, 0.2) is 5.75 Å². The van der Waals surface area contributed by atoms with E-state index in [1.807, 2.05) is 6.92 Å². The van der Waals surface area contributed by atoms with Crippen LogP contribution in [0.15, 0.2) is 58.2 Å². The minimum Gasteiger partial charge on any atom is -0.461 e. The number of ether oxygens (including phenoxy) is 1. The number of nitrogens with zero attached hydrogens (tertiary/aromatic N) is 2. The van der Waals surface area contributed by atoms with Crippen molar-refractivity contribution in [2.45, 2.75) is 25.7 Å². The van der Waals surface area contributed by atoms with Crippen LogP contribution < -0.4 is 9.74 Å². The van der Waals surface area contributed by atoms with Gasteiger partial charge in [0, 0.05) is 0 Å². The van der Waals surface area contributed by atoms with Gasteiger partial charge in [0.1, 0.15) is 4.90 Å². The maximum atomic E-state index is 12.9. The normalized spacial score (nSPS) is 11.2. The molecular weight excluding hydrogens is 444 g/mol. The first kappa shape index (κ1) is 22.5. The predicted octanol–water partition coefficient (Wildman–Crippen LogP) is 3.45. The topological polar surface area (TPSA) is 105 Å². The fraction of sp³-hybridized carbons (Fsp3) is 0.190. The molecule has 10 heteroatoms. The van der Waals surface area contributed by atoms with Crippen LogP contribution >= 0.6 is 11.6 Å².